The van der Waals surface area contributed by atoms with E-state index in [4.69, 9.17) is 0 Å². The Hall–Kier alpha value is 0.137. The van der Waals surface area contributed by atoms with Crippen LogP contribution in [0.1, 0.15) is 0 Å². The minimum absolute atomic E-state index is 0. The molecule has 2 heteroatoms. The van der Waals surface area contributed by atoms with Gasteiger partial charge < -0.3 is 5.32 Å². The van der Waals surface area contributed by atoms with Gasteiger partial charge in [-0.25, -0.2) is 0 Å². The van der Waals surface area contributed by atoms with Gasteiger partial charge in [0, 0.05) is 0 Å². The molecule has 0 aliphatic carbocycles. The topological polar surface area (TPSA) is 14.1 Å². The summed E-state index contributed by atoms with van der Waals surface area (Å²) in [7, 11) is 0. The van der Waals surface area contributed by atoms with Crippen molar-refractivity contribution in [3.05, 3.63) is 17.7 Å². The maximum atomic E-state index is 3.50. The van der Waals surface area contributed by atoms with Crippen molar-refractivity contribution in [2.45, 2.75) is 0 Å². The minimum atomic E-state index is 0. The molecule has 0 aromatic carbocycles. The molecule has 1 rings (SSSR count). The van der Waals surface area contributed by atoms with Gasteiger partial charge >= 0.3 is 18.9 Å². The molecule has 0 unspecified atom stereocenters. The maximum Gasteiger partial charge on any atom is 1.00 e. The Morgan fingerprint density at radius 2 is 1.50 bits per heavy atom. The molecule has 1 heterocycles. The Morgan fingerprint density at radius 3 is 1.50 bits per heavy atom. The normalized spacial score (nSPS) is 12.0. The van der Waals surface area contributed by atoms with Gasteiger partial charge in [0.15, 0.2) is 0 Å². The van der Waals surface area contributed by atoms with Crippen LogP contribution < -0.4 is 18.9 Å². The first-order valence-corrected chi connectivity index (χ1v) is 0.850. The van der Waals surface area contributed by atoms with Crippen molar-refractivity contribution in [2.24, 2.45) is 0 Å². The van der Waals surface area contributed by atoms with E-state index in [0.717, 1.165) is 0 Å². The Morgan fingerprint density at radius 1 is 1.25 bits per heavy atom. The Bertz CT molecular complexity index is 29.0. The van der Waals surface area contributed by atoms with E-state index in [1.165, 1.54) is 0 Å². The quantitative estimate of drug-likeness (QED) is 0.277. The predicted molar refractivity (Wildman–Crippen MR) is 12.5 cm³/mol. The van der Waals surface area contributed by atoms with Gasteiger partial charge in [0.2, 0.25) is 0 Å². The molecule has 0 saturated carbocycles. The second-order valence-corrected chi connectivity index (χ2v) is 0.447. The van der Waals surface area contributed by atoms with Crippen molar-refractivity contribution in [3.63, 3.8) is 0 Å². The summed E-state index contributed by atoms with van der Waals surface area (Å²) in [6.45, 7) is 0. The second-order valence-electron chi connectivity index (χ2n) is 0.447. The molecule has 0 saturated heterocycles. The molecule has 1 aliphatic heterocycles. The molecule has 1 nitrogen and oxygen atoms in total. The molecule has 1 aliphatic rings. The van der Waals surface area contributed by atoms with Crippen LogP contribution in [0.15, 0.2) is 12.4 Å². The smallest absolute Gasteiger partial charge is 0.673 e. The van der Waals surface area contributed by atoms with Gasteiger partial charge in [-0.05, 0) is 0 Å². The van der Waals surface area contributed by atoms with Crippen LogP contribution in [0, 0.1) is 0 Å². The molecule has 0 aromatic rings. The summed E-state index contributed by atoms with van der Waals surface area (Å²) in [5.74, 6) is 0. The van der Waals surface area contributed by atoms with E-state index < -0.39 is 0 Å². The summed E-state index contributed by atoms with van der Waals surface area (Å²) in [5, 5.41) is 3.50. The fraction of sp³-hybridized carbons (Fsp3) is 0. The summed E-state index contributed by atoms with van der Waals surface area (Å²) in [6.07, 6.45) is 3.50. The van der Waals surface area contributed by atoms with Crippen molar-refractivity contribution in [2.75, 3.05) is 0 Å². The molecule has 0 bridgehead atoms. The molecule has 0 atom stereocenters. The van der Waals surface area contributed by atoms with Crippen molar-refractivity contribution in [3.8, 4) is 0 Å². The van der Waals surface area contributed by atoms with Crippen molar-refractivity contribution in [1.29, 1.82) is 0 Å². The molecular weight excluding hydrogens is 45.0 g/mol. The Labute approximate surface area is 37.3 Å². The zero-order valence-electron chi connectivity index (χ0n) is 2.60. The zero-order chi connectivity index (χ0) is 2.12. The molecule has 0 radical (unpaired) electrons. The van der Waals surface area contributed by atoms with Crippen LogP contribution in [-0.4, -0.2) is 0 Å². The summed E-state index contributed by atoms with van der Waals surface area (Å²) < 4.78 is 0. The zero-order valence-corrected chi connectivity index (χ0v) is 2.60. The molecule has 0 fully saturated rings. The van der Waals surface area contributed by atoms with Gasteiger partial charge in [0.05, 0.1) is 0 Å². The minimum Gasteiger partial charge on any atom is -0.673 e. The van der Waals surface area contributed by atoms with E-state index in [-0.39, 0.29) is 18.9 Å². The Balaban J connectivity index is 0.0000000900. The van der Waals surface area contributed by atoms with Gasteiger partial charge in [-0.2, -0.15) is 12.4 Å². The second kappa shape index (κ2) is 1.46. The van der Waals surface area contributed by atoms with E-state index in [0.29, 0.717) is 0 Å². The molecule has 16 valence electrons. The van der Waals surface area contributed by atoms with E-state index >= 15 is 0 Å². The molecule has 4 heavy (non-hydrogen) atoms. The van der Waals surface area contributed by atoms with E-state index in [1.807, 2.05) is 0 Å². The molecule has 0 aromatic heterocycles. The van der Waals surface area contributed by atoms with Crippen molar-refractivity contribution >= 4 is 0 Å². The number of rotatable bonds is 0. The first kappa shape index (κ1) is 4.14. The first-order chi connectivity index (χ1) is 1.50. The maximum absolute atomic E-state index is 3.50. The summed E-state index contributed by atoms with van der Waals surface area (Å²) >= 11 is 0. The Kier molecular flexibility index (Phi) is 1.51. The third-order valence-electron chi connectivity index (χ3n) is 0.149. The molecule has 0 amide bonds. The fourth-order valence-corrected chi connectivity index (χ4v) is 0. The molecular formula is C2H2LiN. The number of nitrogens with zero attached hydrogens (tertiary/aromatic N) is 1. The van der Waals surface area contributed by atoms with E-state index in [1.54, 1.807) is 12.4 Å². The first-order valence-electron chi connectivity index (χ1n) is 0.850. The van der Waals surface area contributed by atoms with Gasteiger partial charge in [-0.3, -0.25) is 0 Å². The SMILES string of the molecule is C1=C[N-]1.[Li+]. The van der Waals surface area contributed by atoms with Crippen LogP contribution in [0.5, 0.6) is 0 Å². The van der Waals surface area contributed by atoms with E-state index in [2.05, 4.69) is 5.32 Å². The molecule has 0 N–H and O–H groups in total. The average molecular weight is 47.0 g/mol. The largest absolute Gasteiger partial charge is 1.00 e. The van der Waals surface area contributed by atoms with Crippen LogP contribution >= 0.6 is 0 Å². The van der Waals surface area contributed by atoms with E-state index in [9.17, 15) is 0 Å². The van der Waals surface area contributed by atoms with Gasteiger partial charge in [-0.1, -0.05) is 0 Å². The van der Waals surface area contributed by atoms with Crippen LogP contribution in [0.4, 0.5) is 0 Å². The number of hydrogen-bond donors (Lipinski definition) is 0. The summed E-state index contributed by atoms with van der Waals surface area (Å²) in [6, 6.07) is 0. The summed E-state index contributed by atoms with van der Waals surface area (Å²) in [4.78, 5) is 0. The van der Waals surface area contributed by atoms with Gasteiger partial charge in [0.1, 0.15) is 0 Å². The third kappa shape index (κ3) is 2.14. The van der Waals surface area contributed by atoms with Crippen molar-refractivity contribution < 1.29 is 18.9 Å². The molecule has 0 spiro atoms. The monoisotopic (exact) mass is 47.0 g/mol. The standard InChI is InChI=1S/C2H2N.Li/c1-2-3-1;/h1-2H;/q-1;+1. The third-order valence-corrected chi connectivity index (χ3v) is 0.149. The van der Waals surface area contributed by atoms with Crippen LogP contribution in [0.3, 0.4) is 0 Å². The number of hydrogen-bond acceptors (Lipinski definition) is 0. The average Bonchev–Trinajstić information content (AvgIpc) is 1.46. The van der Waals surface area contributed by atoms with Crippen molar-refractivity contribution in [1.82, 2.24) is 0 Å². The summed E-state index contributed by atoms with van der Waals surface area (Å²) in [5.41, 5.74) is 0. The van der Waals surface area contributed by atoms with Crippen LogP contribution in [0.2, 0.25) is 0 Å². The van der Waals surface area contributed by atoms with Crippen LogP contribution in [-0.2, 0) is 0 Å². The van der Waals surface area contributed by atoms with Crippen LogP contribution in [0.25, 0.3) is 5.32 Å². The van der Waals surface area contributed by atoms with Gasteiger partial charge in [-0.15, -0.1) is 0 Å². The van der Waals surface area contributed by atoms with Gasteiger partial charge in [0.25, 0.3) is 0 Å². The fourth-order valence-electron chi connectivity index (χ4n) is 0. The predicted octanol–water partition coefficient (Wildman–Crippen LogP) is -2.15.